The van der Waals surface area contributed by atoms with Gasteiger partial charge < -0.3 is 15.5 Å². The molecule has 1 saturated carbocycles. The number of piperidine rings is 1. The molecule has 5 atom stereocenters. The van der Waals surface area contributed by atoms with Crippen LogP contribution in [-0.4, -0.2) is 49.7 Å². The molecule has 3 N–H and O–H groups in total. The fourth-order valence-corrected chi connectivity index (χ4v) is 4.73. The van der Waals surface area contributed by atoms with Crippen molar-refractivity contribution in [3.8, 4) is 0 Å². The lowest BCUT2D eigenvalue weighted by atomic mass is 9.76. The Balaban J connectivity index is 1.72. The highest BCUT2D eigenvalue weighted by Crippen LogP contribution is 2.33. The Hall–Kier alpha value is 0.170. The van der Waals surface area contributed by atoms with Gasteiger partial charge in [0.15, 0.2) is 0 Å². The largest absolute Gasteiger partial charge is 0.335 e. The second kappa shape index (κ2) is 9.46. The Labute approximate surface area is 142 Å². The molecule has 22 heavy (non-hydrogen) atoms. The number of hydrogen-bond acceptors (Lipinski definition) is 2. The lowest BCUT2D eigenvalue weighted by Crippen LogP contribution is -3.11. The summed E-state index contributed by atoms with van der Waals surface area (Å²) < 4.78 is 0. The summed E-state index contributed by atoms with van der Waals surface area (Å²) in [5, 5.41) is 8.04. The van der Waals surface area contributed by atoms with Gasteiger partial charge >= 0.3 is 0 Å². The molecular weight excluding hydrogens is 294 g/mol. The fourth-order valence-electron chi connectivity index (χ4n) is 4.41. The maximum Gasteiger partial charge on any atom is 0.0771 e. The van der Waals surface area contributed by atoms with Crippen molar-refractivity contribution in [1.82, 2.24) is 10.6 Å². The average Bonchev–Trinajstić information content (AvgIpc) is 2.51. The minimum absolute atomic E-state index is 0.391. The molecule has 1 saturated heterocycles. The Morgan fingerprint density at radius 3 is 2.73 bits per heavy atom. The summed E-state index contributed by atoms with van der Waals surface area (Å²) in [6.45, 7) is 12.0. The fraction of sp³-hybridized carbons (Fsp3) is 1.00. The van der Waals surface area contributed by atoms with E-state index in [4.69, 9.17) is 11.6 Å². The van der Waals surface area contributed by atoms with Crippen LogP contribution in [0.25, 0.3) is 0 Å². The van der Waals surface area contributed by atoms with Gasteiger partial charge in [0.05, 0.1) is 19.6 Å². The molecule has 0 amide bonds. The summed E-state index contributed by atoms with van der Waals surface area (Å²) in [7, 11) is 0. The van der Waals surface area contributed by atoms with Crippen LogP contribution in [0.5, 0.6) is 0 Å². The van der Waals surface area contributed by atoms with Crippen molar-refractivity contribution in [1.29, 1.82) is 0 Å². The molecule has 0 aromatic carbocycles. The van der Waals surface area contributed by atoms with E-state index in [-0.39, 0.29) is 0 Å². The van der Waals surface area contributed by atoms with E-state index < -0.39 is 0 Å². The lowest BCUT2D eigenvalue weighted by molar-refractivity contribution is -0.896. The maximum absolute atomic E-state index is 6.35. The molecule has 130 valence electrons. The third-order valence-corrected chi connectivity index (χ3v) is 6.28. The van der Waals surface area contributed by atoms with E-state index in [9.17, 15) is 0 Å². The second-order valence-corrected chi connectivity index (χ2v) is 8.06. The van der Waals surface area contributed by atoms with E-state index in [1.54, 1.807) is 4.90 Å². The Morgan fingerprint density at radius 2 is 2.00 bits per heavy atom. The average molecular weight is 331 g/mol. The SMILES string of the molecule is CC[NH+](CC)CCC[C@H](C)NC1CCNC2CC(Cl)CCC21. The number of alkyl halides is 1. The summed E-state index contributed by atoms with van der Waals surface area (Å²) in [4.78, 5) is 1.73. The molecule has 0 spiro atoms. The van der Waals surface area contributed by atoms with Crippen LogP contribution in [0.15, 0.2) is 0 Å². The Bertz CT molecular complexity index is 309. The van der Waals surface area contributed by atoms with Crippen LogP contribution in [0.2, 0.25) is 0 Å². The van der Waals surface area contributed by atoms with Crippen molar-refractivity contribution in [3.05, 3.63) is 0 Å². The van der Waals surface area contributed by atoms with Gasteiger partial charge in [-0.3, -0.25) is 0 Å². The van der Waals surface area contributed by atoms with E-state index in [0.29, 0.717) is 23.5 Å². The van der Waals surface area contributed by atoms with Crippen molar-refractivity contribution in [2.45, 2.75) is 82.8 Å². The normalized spacial score (nSPS) is 33.7. The first-order valence-electron chi connectivity index (χ1n) is 9.61. The highest BCUT2D eigenvalue weighted by Gasteiger charge is 2.37. The van der Waals surface area contributed by atoms with Crippen LogP contribution in [0.1, 0.15) is 59.3 Å². The number of quaternary nitrogens is 1. The number of rotatable bonds is 8. The van der Waals surface area contributed by atoms with Crippen LogP contribution in [-0.2, 0) is 0 Å². The molecule has 0 bridgehead atoms. The Kier molecular flexibility index (Phi) is 7.96. The highest BCUT2D eigenvalue weighted by atomic mass is 35.5. The zero-order valence-corrected chi connectivity index (χ0v) is 15.6. The number of hydrogen-bond donors (Lipinski definition) is 3. The van der Waals surface area contributed by atoms with E-state index in [0.717, 1.165) is 18.9 Å². The number of nitrogens with one attached hydrogen (secondary N) is 3. The molecule has 2 fully saturated rings. The minimum Gasteiger partial charge on any atom is -0.335 e. The molecular formula is C18H37ClN3+. The van der Waals surface area contributed by atoms with Crippen molar-refractivity contribution in [3.63, 3.8) is 0 Å². The first-order valence-corrected chi connectivity index (χ1v) is 10.0. The van der Waals surface area contributed by atoms with Gasteiger partial charge in [-0.25, -0.2) is 0 Å². The van der Waals surface area contributed by atoms with Crippen molar-refractivity contribution < 1.29 is 4.90 Å². The zero-order chi connectivity index (χ0) is 15.9. The van der Waals surface area contributed by atoms with Gasteiger partial charge in [-0.2, -0.15) is 0 Å². The molecule has 3 nitrogen and oxygen atoms in total. The third-order valence-electron chi connectivity index (χ3n) is 5.88. The van der Waals surface area contributed by atoms with E-state index >= 15 is 0 Å². The first kappa shape index (κ1) is 18.5. The summed E-state index contributed by atoms with van der Waals surface area (Å²) in [6.07, 6.45) is 7.57. The molecule has 2 aliphatic rings. The maximum atomic E-state index is 6.35. The van der Waals surface area contributed by atoms with Crippen LogP contribution in [0, 0.1) is 5.92 Å². The van der Waals surface area contributed by atoms with E-state index in [1.807, 2.05) is 0 Å². The molecule has 0 aromatic rings. The zero-order valence-electron chi connectivity index (χ0n) is 14.8. The molecule has 2 rings (SSSR count). The number of halogens is 1. The standard InChI is InChI=1S/C18H36ClN3/c1-4-22(5-2)12-6-7-14(3)21-17-10-11-20-18-13-15(19)8-9-16(17)18/h14-18,20-21H,4-13H2,1-3H3/p+1/t14-,15?,16?,17?,18?/m0/s1. The molecule has 4 unspecified atom stereocenters. The van der Waals surface area contributed by atoms with Gasteiger partial charge in [0, 0.05) is 23.5 Å². The molecule has 0 radical (unpaired) electrons. The van der Waals surface area contributed by atoms with Crippen LogP contribution in [0.3, 0.4) is 0 Å². The van der Waals surface area contributed by atoms with Gasteiger partial charge in [0.25, 0.3) is 0 Å². The molecule has 4 heteroatoms. The third kappa shape index (κ3) is 5.36. The summed E-state index contributed by atoms with van der Waals surface area (Å²) >= 11 is 6.35. The van der Waals surface area contributed by atoms with Crippen molar-refractivity contribution >= 4 is 11.6 Å². The van der Waals surface area contributed by atoms with Gasteiger partial charge in [0.2, 0.25) is 0 Å². The van der Waals surface area contributed by atoms with Crippen LogP contribution < -0.4 is 15.5 Å². The molecule has 1 aliphatic heterocycles. The predicted octanol–water partition coefficient (Wildman–Crippen LogP) is 1.81. The highest BCUT2D eigenvalue weighted by molar-refractivity contribution is 6.20. The van der Waals surface area contributed by atoms with Crippen LogP contribution >= 0.6 is 11.6 Å². The van der Waals surface area contributed by atoms with Crippen molar-refractivity contribution in [2.75, 3.05) is 26.2 Å². The predicted molar refractivity (Wildman–Crippen MR) is 95.9 cm³/mol. The molecule has 1 heterocycles. The summed E-state index contributed by atoms with van der Waals surface area (Å²) in [5.74, 6) is 0.791. The van der Waals surface area contributed by atoms with E-state index in [1.165, 1.54) is 51.7 Å². The van der Waals surface area contributed by atoms with Crippen molar-refractivity contribution in [2.24, 2.45) is 5.92 Å². The Morgan fingerprint density at radius 1 is 1.23 bits per heavy atom. The quantitative estimate of drug-likeness (QED) is 0.592. The lowest BCUT2D eigenvalue weighted by Gasteiger charge is -2.44. The molecule has 0 aromatic heterocycles. The smallest absolute Gasteiger partial charge is 0.0771 e. The van der Waals surface area contributed by atoms with E-state index in [2.05, 4.69) is 31.4 Å². The number of fused-ring (bicyclic) bond motifs is 1. The second-order valence-electron chi connectivity index (χ2n) is 7.45. The first-order chi connectivity index (χ1) is 10.6. The minimum atomic E-state index is 0.391. The summed E-state index contributed by atoms with van der Waals surface area (Å²) in [6, 6.07) is 1.99. The van der Waals surface area contributed by atoms with Gasteiger partial charge in [-0.15, -0.1) is 11.6 Å². The topological polar surface area (TPSA) is 28.5 Å². The molecule has 1 aliphatic carbocycles. The van der Waals surface area contributed by atoms with Gasteiger partial charge in [-0.1, -0.05) is 0 Å². The van der Waals surface area contributed by atoms with Crippen LogP contribution in [0.4, 0.5) is 0 Å². The monoisotopic (exact) mass is 330 g/mol. The van der Waals surface area contributed by atoms with Gasteiger partial charge in [0.1, 0.15) is 0 Å². The summed E-state index contributed by atoms with van der Waals surface area (Å²) in [5.41, 5.74) is 0. The van der Waals surface area contributed by atoms with Gasteiger partial charge in [-0.05, 0) is 71.8 Å².